The number of amides is 1. The Labute approximate surface area is 179 Å². The maximum atomic E-state index is 13.4. The van der Waals surface area contributed by atoms with Crippen LogP contribution in [0.1, 0.15) is 23.6 Å². The highest BCUT2D eigenvalue weighted by Gasteiger charge is 2.38. The van der Waals surface area contributed by atoms with Gasteiger partial charge in [0.05, 0.1) is 24.2 Å². The Kier molecular flexibility index (Phi) is 6.06. The quantitative estimate of drug-likeness (QED) is 0.677. The third-order valence-electron chi connectivity index (χ3n) is 5.52. The van der Waals surface area contributed by atoms with E-state index in [1.54, 1.807) is 29.2 Å². The zero-order valence-electron chi connectivity index (χ0n) is 16.0. The van der Waals surface area contributed by atoms with Crippen LogP contribution in [-0.4, -0.2) is 56.4 Å². The van der Waals surface area contributed by atoms with Gasteiger partial charge in [-0.05, 0) is 41.8 Å². The average molecular weight is 479 g/mol. The second-order valence-electron chi connectivity index (χ2n) is 7.23. The lowest BCUT2D eigenvalue weighted by atomic mass is 9.92. The van der Waals surface area contributed by atoms with Gasteiger partial charge in [0.1, 0.15) is 0 Å². The van der Waals surface area contributed by atoms with E-state index >= 15 is 0 Å². The zero-order chi connectivity index (χ0) is 20.4. The first-order chi connectivity index (χ1) is 14.0. The van der Waals surface area contributed by atoms with Crippen LogP contribution in [0.3, 0.4) is 0 Å². The molecule has 1 atom stereocenters. The van der Waals surface area contributed by atoms with Crippen molar-refractivity contribution in [3.8, 4) is 0 Å². The molecule has 0 bridgehead atoms. The fourth-order valence-corrected chi connectivity index (χ4v) is 5.85. The number of morpholine rings is 1. The second kappa shape index (κ2) is 8.55. The zero-order valence-corrected chi connectivity index (χ0v) is 18.4. The van der Waals surface area contributed by atoms with E-state index in [1.165, 1.54) is 4.31 Å². The molecule has 0 unspecified atom stereocenters. The molecule has 0 N–H and O–H groups in total. The Morgan fingerprint density at radius 2 is 1.72 bits per heavy atom. The minimum Gasteiger partial charge on any atom is -0.378 e. The molecule has 6 nitrogen and oxygen atoms in total. The summed E-state index contributed by atoms with van der Waals surface area (Å²) in [6, 6.07) is 13.9. The van der Waals surface area contributed by atoms with Crippen LogP contribution in [0.5, 0.6) is 0 Å². The Hall–Kier alpha value is -1.74. The summed E-state index contributed by atoms with van der Waals surface area (Å²) in [5.74, 6) is -0.0361. The molecule has 2 aromatic carbocycles. The van der Waals surface area contributed by atoms with E-state index in [1.807, 2.05) is 24.3 Å². The van der Waals surface area contributed by atoms with Crippen molar-refractivity contribution < 1.29 is 17.9 Å². The lowest BCUT2D eigenvalue weighted by Gasteiger charge is -2.37. The molecule has 0 radical (unpaired) electrons. The number of sulfonamides is 1. The molecule has 0 aromatic heterocycles. The smallest absolute Gasteiger partial charge is 0.243 e. The summed E-state index contributed by atoms with van der Waals surface area (Å²) in [5.41, 5.74) is 2.02. The summed E-state index contributed by atoms with van der Waals surface area (Å²) >= 11 is 3.35. The van der Waals surface area contributed by atoms with Crippen molar-refractivity contribution in [3.05, 3.63) is 64.1 Å². The minimum absolute atomic E-state index is 0.0361. The van der Waals surface area contributed by atoms with Crippen molar-refractivity contribution in [2.45, 2.75) is 23.8 Å². The molecule has 8 heteroatoms. The summed E-state index contributed by atoms with van der Waals surface area (Å²) < 4.78 is 34.5. The van der Waals surface area contributed by atoms with Gasteiger partial charge in [-0.25, -0.2) is 8.42 Å². The van der Waals surface area contributed by atoms with E-state index in [0.717, 1.165) is 15.6 Å². The molecule has 1 saturated heterocycles. The summed E-state index contributed by atoms with van der Waals surface area (Å²) in [5, 5.41) is 0. The number of carbonyl (C=O) groups is 1. The predicted molar refractivity (Wildman–Crippen MR) is 113 cm³/mol. The molecule has 0 aliphatic carbocycles. The average Bonchev–Trinajstić information content (AvgIpc) is 2.74. The van der Waals surface area contributed by atoms with Gasteiger partial charge >= 0.3 is 0 Å². The van der Waals surface area contributed by atoms with Gasteiger partial charge in [0, 0.05) is 30.5 Å². The Balaban J connectivity index is 1.68. The van der Waals surface area contributed by atoms with Gasteiger partial charge < -0.3 is 9.64 Å². The van der Waals surface area contributed by atoms with Gasteiger partial charge in [-0.3, -0.25) is 4.79 Å². The van der Waals surface area contributed by atoms with E-state index in [4.69, 9.17) is 4.74 Å². The molecule has 0 saturated carbocycles. The van der Waals surface area contributed by atoms with Gasteiger partial charge in [0.25, 0.3) is 0 Å². The molecular weight excluding hydrogens is 456 g/mol. The molecule has 29 heavy (non-hydrogen) atoms. The van der Waals surface area contributed by atoms with Crippen LogP contribution in [0, 0.1) is 0 Å². The first-order valence-corrected chi connectivity index (χ1v) is 11.9. The molecule has 2 aliphatic heterocycles. The normalized spacial score (nSPS) is 20.3. The van der Waals surface area contributed by atoms with Crippen molar-refractivity contribution in [2.24, 2.45) is 0 Å². The lowest BCUT2D eigenvalue weighted by molar-refractivity contribution is -0.136. The number of carbonyl (C=O) groups excluding carboxylic acids is 1. The van der Waals surface area contributed by atoms with Gasteiger partial charge in [-0.2, -0.15) is 4.31 Å². The highest BCUT2D eigenvalue weighted by atomic mass is 79.9. The molecule has 1 fully saturated rings. The molecule has 2 aromatic rings. The summed E-state index contributed by atoms with van der Waals surface area (Å²) in [4.78, 5) is 15.0. The third-order valence-corrected chi connectivity index (χ3v) is 7.97. The third kappa shape index (κ3) is 4.26. The van der Waals surface area contributed by atoms with Crippen molar-refractivity contribution in [2.75, 3.05) is 32.8 Å². The number of fused-ring (bicyclic) bond motifs is 1. The van der Waals surface area contributed by atoms with Crippen LogP contribution in [0.2, 0.25) is 0 Å². The molecular formula is C21H23BrN2O4S. The summed E-state index contributed by atoms with van der Waals surface area (Å²) in [6.07, 6.45) is 0.765. The van der Waals surface area contributed by atoms with E-state index < -0.39 is 16.1 Å². The molecule has 2 aliphatic rings. The van der Waals surface area contributed by atoms with Crippen LogP contribution in [0.15, 0.2) is 57.9 Å². The number of hydrogen-bond donors (Lipinski definition) is 0. The first kappa shape index (κ1) is 20.5. The number of ether oxygens (including phenoxy) is 1. The van der Waals surface area contributed by atoms with Gasteiger partial charge in [-0.15, -0.1) is 0 Å². The predicted octanol–water partition coefficient (Wildman–Crippen LogP) is 2.99. The topological polar surface area (TPSA) is 66.9 Å². The highest BCUT2D eigenvalue weighted by Crippen LogP contribution is 2.37. The van der Waals surface area contributed by atoms with E-state index in [9.17, 15) is 13.2 Å². The van der Waals surface area contributed by atoms with Crippen molar-refractivity contribution in [1.82, 2.24) is 9.21 Å². The maximum Gasteiger partial charge on any atom is 0.243 e. The monoisotopic (exact) mass is 478 g/mol. The number of halogens is 1. The molecule has 4 rings (SSSR count). The lowest BCUT2D eigenvalue weighted by Crippen LogP contribution is -2.45. The molecule has 154 valence electrons. The number of benzene rings is 2. The Morgan fingerprint density at radius 3 is 2.45 bits per heavy atom. The van der Waals surface area contributed by atoms with Crippen molar-refractivity contribution in [3.63, 3.8) is 0 Å². The van der Waals surface area contributed by atoms with Crippen LogP contribution in [-0.2, 0) is 26.0 Å². The molecule has 1 amide bonds. The largest absolute Gasteiger partial charge is 0.378 e. The first-order valence-electron chi connectivity index (χ1n) is 9.67. The number of nitrogens with zero attached hydrogens (tertiary/aromatic N) is 2. The van der Waals surface area contributed by atoms with Crippen LogP contribution >= 0.6 is 15.9 Å². The standard InChI is InChI=1S/C21H23BrN2O4S/c22-17-5-7-18(8-6-17)29(26,27)24-10-9-16-3-1-2-4-19(16)20(24)15-21(25)23-11-13-28-14-12-23/h1-8,20H,9-15H2/t20-/m0/s1. The fraction of sp³-hybridized carbons (Fsp3) is 0.381. The van der Waals surface area contributed by atoms with E-state index in [0.29, 0.717) is 39.3 Å². The molecule has 2 heterocycles. The van der Waals surface area contributed by atoms with Gasteiger partial charge in [0.2, 0.25) is 15.9 Å². The second-order valence-corrected chi connectivity index (χ2v) is 10.0. The van der Waals surface area contributed by atoms with Crippen molar-refractivity contribution in [1.29, 1.82) is 0 Å². The number of hydrogen-bond acceptors (Lipinski definition) is 4. The summed E-state index contributed by atoms with van der Waals surface area (Å²) in [6.45, 7) is 2.50. The highest BCUT2D eigenvalue weighted by molar-refractivity contribution is 9.10. The number of rotatable bonds is 4. The van der Waals surface area contributed by atoms with E-state index in [2.05, 4.69) is 15.9 Å². The van der Waals surface area contributed by atoms with Crippen molar-refractivity contribution >= 4 is 31.9 Å². The maximum absolute atomic E-state index is 13.4. The summed E-state index contributed by atoms with van der Waals surface area (Å²) in [7, 11) is -3.73. The minimum atomic E-state index is -3.73. The van der Waals surface area contributed by atoms with Crippen LogP contribution in [0.25, 0.3) is 0 Å². The van der Waals surface area contributed by atoms with Gasteiger partial charge in [-0.1, -0.05) is 40.2 Å². The van der Waals surface area contributed by atoms with Crippen LogP contribution < -0.4 is 0 Å². The molecule has 0 spiro atoms. The van der Waals surface area contributed by atoms with Crippen LogP contribution in [0.4, 0.5) is 0 Å². The van der Waals surface area contributed by atoms with E-state index in [-0.39, 0.29) is 17.2 Å². The van der Waals surface area contributed by atoms with Gasteiger partial charge in [0.15, 0.2) is 0 Å². The fourth-order valence-electron chi connectivity index (χ4n) is 3.98. The Morgan fingerprint density at radius 1 is 1.03 bits per heavy atom. The Bertz CT molecular complexity index is 988. The SMILES string of the molecule is O=C(C[C@H]1c2ccccc2CCN1S(=O)(=O)c1ccc(Br)cc1)N1CCOCC1.